The third-order valence-electron chi connectivity index (χ3n) is 1.84. The summed E-state index contributed by atoms with van der Waals surface area (Å²) in [5.41, 5.74) is -0.406. The van der Waals surface area contributed by atoms with Crippen LogP contribution in [0.4, 0.5) is 0 Å². The van der Waals surface area contributed by atoms with Gasteiger partial charge in [-0.15, -0.1) is 0 Å². The minimum atomic E-state index is -4.65. The number of rotatable bonds is 5. The Morgan fingerprint density at radius 3 is 2.22 bits per heavy atom. The molecule has 0 amide bonds. The lowest BCUT2D eigenvalue weighted by atomic mass is 10.2. The fourth-order valence-corrected chi connectivity index (χ4v) is 1.71. The van der Waals surface area contributed by atoms with Gasteiger partial charge in [0.1, 0.15) is 5.75 Å². The third-order valence-corrected chi connectivity index (χ3v) is 2.77. The molecule has 0 unspecified atom stereocenters. The van der Waals surface area contributed by atoms with Gasteiger partial charge in [-0.1, -0.05) is 0 Å². The first-order valence-corrected chi connectivity index (χ1v) is 6.10. The van der Waals surface area contributed by atoms with Crippen molar-refractivity contribution in [2.75, 3.05) is 6.61 Å². The van der Waals surface area contributed by atoms with E-state index in [0.29, 0.717) is 0 Å². The smallest absolute Gasteiger partial charge is 0.356 e. The molecule has 0 aliphatic carbocycles. The number of carboxylic acids is 2. The molecule has 0 saturated carbocycles. The minimum absolute atomic E-state index is 0.240. The van der Waals surface area contributed by atoms with Crippen LogP contribution in [0, 0.1) is 0 Å². The van der Waals surface area contributed by atoms with E-state index in [1.54, 1.807) is 0 Å². The molecular formula is C9H9O8P. The SMILES string of the molecule is O=C(O)COc1cc(C(=O)O)cc(P(=O)(O)O)c1. The summed E-state index contributed by atoms with van der Waals surface area (Å²) in [6.07, 6.45) is 0. The summed E-state index contributed by atoms with van der Waals surface area (Å²) in [6.45, 7) is -0.746. The Balaban J connectivity index is 3.18. The van der Waals surface area contributed by atoms with E-state index in [4.69, 9.17) is 20.0 Å². The van der Waals surface area contributed by atoms with Crippen molar-refractivity contribution in [2.45, 2.75) is 0 Å². The van der Waals surface area contributed by atoms with E-state index >= 15 is 0 Å². The van der Waals surface area contributed by atoms with Crippen LogP contribution in [0.15, 0.2) is 18.2 Å². The fraction of sp³-hybridized carbons (Fsp3) is 0.111. The van der Waals surface area contributed by atoms with Crippen LogP contribution in [-0.4, -0.2) is 38.5 Å². The third kappa shape index (κ3) is 3.85. The largest absolute Gasteiger partial charge is 0.482 e. The zero-order valence-corrected chi connectivity index (χ0v) is 9.70. The molecule has 98 valence electrons. The van der Waals surface area contributed by atoms with Crippen molar-refractivity contribution in [3.05, 3.63) is 23.8 Å². The van der Waals surface area contributed by atoms with Crippen molar-refractivity contribution in [3.8, 4) is 5.75 Å². The van der Waals surface area contributed by atoms with E-state index in [0.717, 1.165) is 18.2 Å². The van der Waals surface area contributed by atoms with Crippen LogP contribution in [0.2, 0.25) is 0 Å². The number of aromatic carboxylic acids is 1. The number of carbonyl (C=O) groups is 2. The molecule has 0 saturated heterocycles. The molecule has 0 fully saturated rings. The molecule has 4 N–H and O–H groups in total. The molecular weight excluding hydrogens is 267 g/mol. The van der Waals surface area contributed by atoms with Crippen LogP contribution >= 0.6 is 7.60 Å². The highest BCUT2D eigenvalue weighted by Gasteiger charge is 2.21. The summed E-state index contributed by atoms with van der Waals surface area (Å²) in [5.74, 6) is -2.95. The summed E-state index contributed by atoms with van der Waals surface area (Å²) in [7, 11) is -4.65. The molecule has 0 aromatic heterocycles. The number of ether oxygens (including phenoxy) is 1. The standard InChI is InChI=1S/C9H9O8P/c10-8(11)4-17-6-1-5(9(12)13)2-7(3-6)18(14,15)16/h1-3H,4H2,(H,10,11)(H,12,13)(H2,14,15,16). The van der Waals surface area contributed by atoms with Gasteiger partial charge in [-0.2, -0.15) is 0 Å². The first-order chi connectivity index (χ1) is 8.20. The highest BCUT2D eigenvalue weighted by atomic mass is 31.2. The van der Waals surface area contributed by atoms with Gasteiger partial charge < -0.3 is 24.7 Å². The molecule has 18 heavy (non-hydrogen) atoms. The highest BCUT2D eigenvalue weighted by molar-refractivity contribution is 7.60. The predicted octanol–water partition coefficient (Wildman–Crippen LogP) is -0.349. The van der Waals surface area contributed by atoms with Crippen LogP contribution in [0.3, 0.4) is 0 Å². The molecule has 0 aliphatic heterocycles. The molecule has 1 rings (SSSR count). The first kappa shape index (κ1) is 14.2. The Hall–Kier alpha value is -1.89. The average molecular weight is 276 g/mol. The summed E-state index contributed by atoms with van der Waals surface area (Å²) < 4.78 is 15.7. The minimum Gasteiger partial charge on any atom is -0.482 e. The molecule has 0 heterocycles. The lowest BCUT2D eigenvalue weighted by Crippen LogP contribution is -2.13. The van der Waals surface area contributed by atoms with Gasteiger partial charge in [0.25, 0.3) is 0 Å². The Morgan fingerprint density at radius 1 is 1.17 bits per heavy atom. The van der Waals surface area contributed by atoms with Gasteiger partial charge >= 0.3 is 19.5 Å². The molecule has 8 nitrogen and oxygen atoms in total. The normalized spacial score (nSPS) is 11.0. The molecule has 1 aromatic rings. The fourth-order valence-electron chi connectivity index (χ4n) is 1.10. The van der Waals surface area contributed by atoms with E-state index in [-0.39, 0.29) is 5.75 Å². The van der Waals surface area contributed by atoms with E-state index in [1.165, 1.54) is 0 Å². The topological polar surface area (TPSA) is 141 Å². The van der Waals surface area contributed by atoms with Gasteiger partial charge in [-0.3, -0.25) is 4.57 Å². The van der Waals surface area contributed by atoms with Gasteiger partial charge in [-0.05, 0) is 18.2 Å². The summed E-state index contributed by atoms with van der Waals surface area (Å²) >= 11 is 0. The van der Waals surface area contributed by atoms with Crippen molar-refractivity contribution in [3.63, 3.8) is 0 Å². The van der Waals surface area contributed by atoms with Gasteiger partial charge in [0, 0.05) is 0 Å². The predicted molar refractivity (Wildman–Crippen MR) is 58.2 cm³/mol. The second kappa shape index (κ2) is 5.18. The van der Waals surface area contributed by atoms with Gasteiger partial charge in [0.15, 0.2) is 6.61 Å². The van der Waals surface area contributed by atoms with Crippen LogP contribution in [-0.2, 0) is 9.36 Å². The molecule has 0 aliphatic rings. The van der Waals surface area contributed by atoms with E-state index in [2.05, 4.69) is 4.74 Å². The monoisotopic (exact) mass is 276 g/mol. The summed E-state index contributed by atoms with van der Waals surface area (Å²) in [6, 6.07) is 2.68. The lowest BCUT2D eigenvalue weighted by molar-refractivity contribution is -0.139. The maximum atomic E-state index is 11.0. The van der Waals surface area contributed by atoms with Crippen LogP contribution in [0.25, 0.3) is 0 Å². The van der Waals surface area contributed by atoms with E-state index < -0.39 is 37.0 Å². The maximum Gasteiger partial charge on any atom is 0.356 e. The van der Waals surface area contributed by atoms with Gasteiger partial charge in [0.05, 0.1) is 10.9 Å². The van der Waals surface area contributed by atoms with Crippen LogP contribution < -0.4 is 10.0 Å². The number of aliphatic carboxylic acids is 1. The molecule has 0 radical (unpaired) electrons. The van der Waals surface area contributed by atoms with Crippen molar-refractivity contribution < 1.29 is 38.9 Å². The Labute approximate surface area is 101 Å². The number of carboxylic acid groups (broad SMARTS) is 2. The van der Waals surface area contributed by atoms with Crippen LogP contribution in [0.5, 0.6) is 5.75 Å². The van der Waals surface area contributed by atoms with Crippen molar-refractivity contribution in [1.29, 1.82) is 0 Å². The zero-order chi connectivity index (χ0) is 13.9. The quantitative estimate of drug-likeness (QED) is 0.535. The second-order valence-corrected chi connectivity index (χ2v) is 4.85. The Morgan fingerprint density at radius 2 is 1.78 bits per heavy atom. The molecule has 0 bridgehead atoms. The summed E-state index contributed by atoms with van der Waals surface area (Å²) in [4.78, 5) is 38.9. The lowest BCUT2D eigenvalue weighted by Gasteiger charge is -2.09. The number of hydrogen-bond donors (Lipinski definition) is 4. The highest BCUT2D eigenvalue weighted by Crippen LogP contribution is 2.34. The molecule has 0 spiro atoms. The Bertz CT molecular complexity index is 531. The second-order valence-electron chi connectivity index (χ2n) is 3.25. The van der Waals surface area contributed by atoms with Gasteiger partial charge in [0.2, 0.25) is 0 Å². The number of benzene rings is 1. The first-order valence-electron chi connectivity index (χ1n) is 4.49. The van der Waals surface area contributed by atoms with E-state index in [9.17, 15) is 14.2 Å². The van der Waals surface area contributed by atoms with Crippen molar-refractivity contribution in [2.24, 2.45) is 0 Å². The van der Waals surface area contributed by atoms with Gasteiger partial charge in [-0.25, -0.2) is 9.59 Å². The number of hydrogen-bond acceptors (Lipinski definition) is 4. The zero-order valence-electron chi connectivity index (χ0n) is 8.81. The molecule has 9 heteroatoms. The molecule has 1 aromatic carbocycles. The Kier molecular flexibility index (Phi) is 4.07. The van der Waals surface area contributed by atoms with Crippen LogP contribution in [0.1, 0.15) is 10.4 Å². The average Bonchev–Trinajstić information content (AvgIpc) is 2.24. The van der Waals surface area contributed by atoms with Crippen molar-refractivity contribution in [1.82, 2.24) is 0 Å². The summed E-state index contributed by atoms with van der Waals surface area (Å²) in [5, 5.41) is 16.6. The van der Waals surface area contributed by atoms with Crippen molar-refractivity contribution >= 4 is 24.8 Å². The van der Waals surface area contributed by atoms with E-state index in [1.807, 2.05) is 0 Å². The maximum absolute atomic E-state index is 11.0. The molecule has 0 atom stereocenters.